The second-order valence-corrected chi connectivity index (χ2v) is 4.95. The number of aryl methyl sites for hydroxylation is 1. The van der Waals surface area contributed by atoms with Crippen LogP contribution in [0.15, 0.2) is 18.2 Å². The summed E-state index contributed by atoms with van der Waals surface area (Å²) in [6.07, 6.45) is 4.73. The molecule has 5 nitrogen and oxygen atoms in total. The van der Waals surface area contributed by atoms with Gasteiger partial charge in [-0.15, -0.1) is 10.2 Å². The van der Waals surface area contributed by atoms with Crippen molar-refractivity contribution in [3.8, 4) is 11.5 Å². The number of aromatic nitrogens is 4. The molecule has 0 saturated heterocycles. The molecule has 0 aromatic carbocycles. The van der Waals surface area contributed by atoms with E-state index in [9.17, 15) is 0 Å². The Morgan fingerprint density at radius 1 is 1.18 bits per heavy atom. The second kappa shape index (κ2) is 2.85. The van der Waals surface area contributed by atoms with Crippen molar-refractivity contribution in [2.24, 2.45) is 0 Å². The summed E-state index contributed by atoms with van der Waals surface area (Å²) >= 11 is 0. The van der Waals surface area contributed by atoms with Gasteiger partial charge in [0.1, 0.15) is 17.3 Å². The Morgan fingerprint density at radius 3 is 2.82 bits per heavy atom. The van der Waals surface area contributed by atoms with Gasteiger partial charge in [0, 0.05) is 12.0 Å². The number of rotatable bonds is 1. The number of hydrogen-bond donors (Lipinski definition) is 1. The Kier molecular flexibility index (Phi) is 1.54. The minimum absolute atomic E-state index is 0.306. The molecule has 2 aromatic heterocycles. The maximum Gasteiger partial charge on any atom is 0.183 e. The zero-order chi connectivity index (χ0) is 11.5. The normalized spacial score (nSPS) is 19.5. The lowest BCUT2D eigenvalue weighted by Crippen LogP contribution is -2.13. The van der Waals surface area contributed by atoms with Crippen molar-refractivity contribution < 1.29 is 0 Å². The standard InChI is InChI=1S/C12H13N5/c13-9-3-1-2-8(14-9)11-16-15-10-4-5-12(6-7-12)17(10)11/h1-3H,4-7H2,(H2,13,14). The van der Waals surface area contributed by atoms with Crippen LogP contribution in [0, 0.1) is 0 Å². The average molecular weight is 227 g/mol. The van der Waals surface area contributed by atoms with Crippen LogP contribution in [0.2, 0.25) is 0 Å². The Hall–Kier alpha value is -1.91. The molecule has 86 valence electrons. The van der Waals surface area contributed by atoms with E-state index in [1.807, 2.05) is 12.1 Å². The molecule has 2 aromatic rings. The van der Waals surface area contributed by atoms with Gasteiger partial charge in [-0.2, -0.15) is 0 Å². The van der Waals surface area contributed by atoms with E-state index >= 15 is 0 Å². The third-order valence-corrected chi connectivity index (χ3v) is 3.85. The molecule has 0 atom stereocenters. The molecule has 5 heteroatoms. The largest absolute Gasteiger partial charge is 0.384 e. The van der Waals surface area contributed by atoms with Crippen LogP contribution in [-0.2, 0) is 12.0 Å². The Bertz CT molecular complexity index is 597. The van der Waals surface area contributed by atoms with Gasteiger partial charge in [-0.1, -0.05) is 6.07 Å². The lowest BCUT2D eigenvalue weighted by molar-refractivity contribution is 0.512. The van der Waals surface area contributed by atoms with Crippen LogP contribution in [0.5, 0.6) is 0 Å². The summed E-state index contributed by atoms with van der Waals surface area (Å²) in [5, 5.41) is 8.55. The number of fused-ring (bicyclic) bond motifs is 2. The zero-order valence-electron chi connectivity index (χ0n) is 9.43. The van der Waals surface area contributed by atoms with E-state index < -0.39 is 0 Å². The van der Waals surface area contributed by atoms with E-state index in [-0.39, 0.29) is 0 Å². The fourth-order valence-corrected chi connectivity index (χ4v) is 2.79. The smallest absolute Gasteiger partial charge is 0.183 e. The topological polar surface area (TPSA) is 69.6 Å². The Balaban J connectivity index is 1.91. The first-order valence-electron chi connectivity index (χ1n) is 5.96. The van der Waals surface area contributed by atoms with Crippen LogP contribution in [0.4, 0.5) is 5.82 Å². The number of anilines is 1. The summed E-state index contributed by atoms with van der Waals surface area (Å²) in [4.78, 5) is 4.34. The fraction of sp³-hybridized carbons (Fsp3) is 0.417. The van der Waals surface area contributed by atoms with Crippen LogP contribution < -0.4 is 5.73 Å². The third kappa shape index (κ3) is 1.16. The molecule has 4 rings (SSSR count). The molecule has 1 saturated carbocycles. The molecule has 2 N–H and O–H groups in total. The van der Waals surface area contributed by atoms with Gasteiger partial charge >= 0.3 is 0 Å². The first-order chi connectivity index (χ1) is 8.28. The van der Waals surface area contributed by atoms with Gasteiger partial charge in [-0.05, 0) is 31.4 Å². The lowest BCUT2D eigenvalue weighted by Gasteiger charge is -2.12. The van der Waals surface area contributed by atoms with Gasteiger partial charge in [0.2, 0.25) is 0 Å². The summed E-state index contributed by atoms with van der Waals surface area (Å²) in [6, 6.07) is 5.65. The highest BCUT2D eigenvalue weighted by atomic mass is 15.3. The summed E-state index contributed by atoms with van der Waals surface area (Å²) in [7, 11) is 0. The number of nitrogens with zero attached hydrogens (tertiary/aromatic N) is 4. The van der Waals surface area contributed by atoms with E-state index in [0.717, 1.165) is 23.8 Å². The van der Waals surface area contributed by atoms with Crippen LogP contribution in [0.25, 0.3) is 11.5 Å². The molecule has 2 aliphatic rings. The maximum absolute atomic E-state index is 5.72. The average Bonchev–Trinajstić information content (AvgIpc) is 2.83. The Labute approximate surface area is 98.7 Å². The van der Waals surface area contributed by atoms with Gasteiger partial charge in [-0.25, -0.2) is 4.98 Å². The van der Waals surface area contributed by atoms with Crippen molar-refractivity contribution in [3.05, 3.63) is 24.0 Å². The molecule has 3 heterocycles. The molecule has 0 bridgehead atoms. The van der Waals surface area contributed by atoms with Gasteiger partial charge in [-0.3, -0.25) is 0 Å². The highest BCUT2D eigenvalue weighted by molar-refractivity contribution is 5.54. The van der Waals surface area contributed by atoms with E-state index in [4.69, 9.17) is 5.73 Å². The highest BCUT2D eigenvalue weighted by Gasteiger charge is 2.50. The molecule has 1 spiro atoms. The second-order valence-electron chi connectivity index (χ2n) is 4.95. The van der Waals surface area contributed by atoms with Crippen molar-refractivity contribution in [1.29, 1.82) is 0 Å². The molecule has 0 radical (unpaired) electrons. The minimum atomic E-state index is 0.306. The molecular weight excluding hydrogens is 214 g/mol. The number of nitrogens with two attached hydrogens (primary N) is 1. The summed E-state index contributed by atoms with van der Waals surface area (Å²) in [5.41, 5.74) is 6.86. The van der Waals surface area contributed by atoms with Crippen molar-refractivity contribution in [1.82, 2.24) is 19.7 Å². The van der Waals surface area contributed by atoms with Gasteiger partial charge < -0.3 is 10.3 Å². The quantitative estimate of drug-likeness (QED) is 0.798. The lowest BCUT2D eigenvalue weighted by atomic mass is 10.2. The molecule has 17 heavy (non-hydrogen) atoms. The third-order valence-electron chi connectivity index (χ3n) is 3.85. The molecule has 1 fully saturated rings. The van der Waals surface area contributed by atoms with Crippen molar-refractivity contribution in [2.45, 2.75) is 31.2 Å². The van der Waals surface area contributed by atoms with E-state index in [2.05, 4.69) is 19.7 Å². The monoisotopic (exact) mass is 227 g/mol. The van der Waals surface area contributed by atoms with E-state index in [1.165, 1.54) is 19.3 Å². The van der Waals surface area contributed by atoms with Gasteiger partial charge in [0.05, 0.1) is 0 Å². The SMILES string of the molecule is Nc1cccc(-c2nnc3n2C2(CC3)CC2)n1. The summed E-state index contributed by atoms with van der Waals surface area (Å²) < 4.78 is 2.29. The number of hydrogen-bond acceptors (Lipinski definition) is 4. The van der Waals surface area contributed by atoms with Crippen LogP contribution >= 0.6 is 0 Å². The first kappa shape index (κ1) is 9.15. The number of nitrogen functional groups attached to an aromatic ring is 1. The Morgan fingerprint density at radius 2 is 2.06 bits per heavy atom. The van der Waals surface area contributed by atoms with Gasteiger partial charge in [0.25, 0.3) is 0 Å². The van der Waals surface area contributed by atoms with Crippen LogP contribution in [-0.4, -0.2) is 19.7 Å². The predicted octanol–water partition coefficient (Wildman–Crippen LogP) is 1.36. The first-order valence-corrected chi connectivity index (χ1v) is 5.96. The molecule has 1 aliphatic heterocycles. The van der Waals surface area contributed by atoms with Crippen molar-refractivity contribution >= 4 is 5.82 Å². The molecule has 0 unspecified atom stereocenters. The van der Waals surface area contributed by atoms with Crippen molar-refractivity contribution in [3.63, 3.8) is 0 Å². The molecular formula is C12H13N5. The zero-order valence-corrected chi connectivity index (χ0v) is 9.43. The highest BCUT2D eigenvalue weighted by Crippen LogP contribution is 2.53. The van der Waals surface area contributed by atoms with Gasteiger partial charge in [0.15, 0.2) is 5.82 Å². The van der Waals surface area contributed by atoms with Crippen molar-refractivity contribution in [2.75, 3.05) is 5.73 Å². The summed E-state index contributed by atoms with van der Waals surface area (Å²) in [5.74, 6) is 2.51. The maximum atomic E-state index is 5.72. The molecule has 0 amide bonds. The van der Waals surface area contributed by atoms with Crippen LogP contribution in [0.1, 0.15) is 25.1 Å². The summed E-state index contributed by atoms with van der Waals surface area (Å²) in [6.45, 7) is 0. The van der Waals surface area contributed by atoms with E-state index in [0.29, 0.717) is 11.4 Å². The van der Waals surface area contributed by atoms with E-state index in [1.54, 1.807) is 6.07 Å². The fourth-order valence-electron chi connectivity index (χ4n) is 2.79. The molecule has 1 aliphatic carbocycles. The predicted molar refractivity (Wildman–Crippen MR) is 63.2 cm³/mol. The minimum Gasteiger partial charge on any atom is -0.384 e. The number of pyridine rings is 1. The van der Waals surface area contributed by atoms with Crippen LogP contribution in [0.3, 0.4) is 0 Å².